The largest absolute Gasteiger partial charge is 1.00 e. The summed E-state index contributed by atoms with van der Waals surface area (Å²) in [5.41, 5.74) is 8.26. The number of azide groups is 1. The molecule has 0 bridgehead atoms. The minimum Gasteiger partial charge on any atom is -0.858 e. The molecule has 1 N–H and O–H groups in total. The molecule has 1 aliphatic heterocycles. The molecule has 1 aromatic rings. The van der Waals surface area contributed by atoms with Crippen LogP contribution in [0.15, 0.2) is 16.1 Å². The molecule has 2 rings (SSSR count). The van der Waals surface area contributed by atoms with Crippen LogP contribution >= 0.6 is 15.6 Å². The predicted octanol–water partition coefficient (Wildman–Crippen LogP) is 3.94. The van der Waals surface area contributed by atoms with Gasteiger partial charge in [0.25, 0.3) is 7.82 Å². The van der Waals surface area contributed by atoms with E-state index in [-0.39, 0.29) is 84.1 Å². The Labute approximate surface area is 425 Å². The van der Waals surface area contributed by atoms with Crippen molar-refractivity contribution in [2.75, 3.05) is 26.4 Å². The van der Waals surface area contributed by atoms with E-state index >= 15 is 0 Å². The van der Waals surface area contributed by atoms with E-state index in [9.17, 15) is 33.6 Å². The van der Waals surface area contributed by atoms with E-state index in [4.69, 9.17) is 28.8 Å². The van der Waals surface area contributed by atoms with Crippen molar-refractivity contribution in [3.8, 4) is 5.88 Å². The van der Waals surface area contributed by atoms with Crippen molar-refractivity contribution >= 4 is 21.6 Å². The van der Waals surface area contributed by atoms with Crippen LogP contribution in [0.2, 0.25) is 0 Å². The van der Waals surface area contributed by atoms with E-state index < -0.39 is 70.9 Å². The first-order chi connectivity index (χ1) is 29.8. The first-order valence-corrected chi connectivity index (χ1v) is 26.1. The van der Waals surface area contributed by atoms with Gasteiger partial charge in [0.1, 0.15) is 12.3 Å². The van der Waals surface area contributed by atoms with E-state index in [1.54, 1.807) is 0 Å². The Kier molecular flexibility index (Phi) is 38.3. The van der Waals surface area contributed by atoms with Gasteiger partial charge in [-0.25, -0.2) is 18.7 Å². The second kappa shape index (κ2) is 38.5. The first-order valence-electron chi connectivity index (χ1n) is 23.2. The Hall–Kier alpha value is -0.360. The molecule has 0 spiro atoms. The quantitative estimate of drug-likeness (QED) is 0.0187. The molecule has 2 heterocycles. The van der Waals surface area contributed by atoms with Crippen LogP contribution in [0.25, 0.3) is 10.4 Å². The minimum absolute atomic E-state index is 0. The Morgan fingerprint density at radius 3 is 1.89 bits per heavy atom. The maximum atomic E-state index is 12.8. The normalized spacial score (nSPS) is 18.2. The van der Waals surface area contributed by atoms with Gasteiger partial charge in [0, 0.05) is 30.6 Å². The summed E-state index contributed by atoms with van der Waals surface area (Å²) < 4.78 is 57.7. The molecule has 22 heteroatoms. The first kappa shape index (κ1) is 63.6. The summed E-state index contributed by atoms with van der Waals surface area (Å²) in [5.74, 6) is -1.26. The second-order valence-corrected chi connectivity index (χ2v) is 19.4. The molecule has 1 aromatic heterocycles. The van der Waals surface area contributed by atoms with Crippen molar-refractivity contribution < 1.29 is 116 Å². The molecule has 1 aliphatic rings. The Balaban J connectivity index is 0.0000198. The third kappa shape index (κ3) is 30.2. The van der Waals surface area contributed by atoms with E-state index in [0.717, 1.165) is 49.5 Å². The van der Waals surface area contributed by atoms with E-state index in [2.05, 4.69) is 33.2 Å². The van der Waals surface area contributed by atoms with Crippen LogP contribution in [0.1, 0.15) is 193 Å². The number of esters is 1. The van der Waals surface area contributed by atoms with Gasteiger partial charge >= 0.3 is 78.6 Å². The topological polar surface area (TPSA) is 257 Å². The van der Waals surface area contributed by atoms with E-state index in [0.29, 0.717) is 13.0 Å². The van der Waals surface area contributed by atoms with Gasteiger partial charge in [0.2, 0.25) is 0 Å². The average molecular weight is 966 g/mol. The number of hydrogen-bond acceptors (Lipinski definition) is 14. The SMILES string of the molecule is CCCCCCCCCCCCCCOC[C@@H](COP(=O)([O-])OP(=O)(O)OC[C@H]1O[C@@H](n2cc(C)c([O-])nc2=O)C[C@@H]1N=[N+]=[N-])OC(=O)CCCCCCCCCCCCCC.[Na+].[Na+]. The number of phosphoric ester groups is 2. The zero-order chi connectivity index (χ0) is 45.5. The molecule has 0 aromatic carbocycles. The van der Waals surface area contributed by atoms with Crippen molar-refractivity contribution in [3.63, 3.8) is 0 Å². The molecular formula is C42H75N5Na2O13P2. The van der Waals surface area contributed by atoms with Gasteiger partial charge in [-0.15, -0.1) is 0 Å². The predicted molar refractivity (Wildman–Crippen MR) is 232 cm³/mol. The number of hydrogen-bond donors (Lipinski definition) is 1. The van der Waals surface area contributed by atoms with Crippen LogP contribution < -0.4 is 74.8 Å². The minimum atomic E-state index is -5.54. The second-order valence-electron chi connectivity index (χ2n) is 16.4. The van der Waals surface area contributed by atoms with Crippen LogP contribution in [0, 0.1) is 6.92 Å². The zero-order valence-electron chi connectivity index (χ0n) is 39.6. The molecule has 358 valence electrons. The number of nitrogens with zero attached hydrogens (tertiary/aromatic N) is 5. The number of unbranched alkanes of at least 4 members (excludes halogenated alkanes) is 22. The van der Waals surface area contributed by atoms with Crippen LogP contribution in [-0.2, 0) is 41.5 Å². The number of phosphoric acid groups is 2. The average Bonchev–Trinajstić information content (AvgIpc) is 3.62. The van der Waals surface area contributed by atoms with Crippen molar-refractivity contribution in [2.24, 2.45) is 5.11 Å². The van der Waals surface area contributed by atoms with Crippen molar-refractivity contribution in [1.82, 2.24) is 9.55 Å². The monoisotopic (exact) mass is 965 g/mol. The molecule has 64 heavy (non-hydrogen) atoms. The third-order valence-electron chi connectivity index (χ3n) is 10.8. The van der Waals surface area contributed by atoms with Crippen LogP contribution in [-0.4, -0.2) is 65.1 Å². The van der Waals surface area contributed by atoms with Gasteiger partial charge in [-0.3, -0.25) is 18.5 Å². The standard InChI is InChI=1S/C42H77N5O13P2.2Na/c1-4-6-8-10-12-14-16-18-20-22-24-26-28-40(48)58-36(32-55-29-27-25-23-21-19-17-15-13-11-9-7-5-2)33-56-61(51,52)60-62(53,54)57-34-38-37(45-46-43)30-39(59-38)47-31-35(3)41(49)44-42(47)50;;/h31,36-39H,4-30,32-34H2,1-3H3,(H,51,52)(H,53,54)(H,44,49,50);;/q;2*+1/p-2/t36-,37-,38+,39+;;/m0../s1. The third-order valence-corrected chi connectivity index (χ3v) is 13.4. The molecule has 1 fully saturated rings. The van der Waals surface area contributed by atoms with Crippen molar-refractivity contribution in [1.29, 1.82) is 0 Å². The van der Waals surface area contributed by atoms with Crippen LogP contribution in [0.4, 0.5) is 0 Å². The fraction of sp³-hybridized carbons (Fsp3) is 0.881. The number of rotatable bonds is 39. The van der Waals surface area contributed by atoms with Gasteiger partial charge in [0.15, 0.2) is 0 Å². The summed E-state index contributed by atoms with van der Waals surface area (Å²) in [6.07, 6.45) is 25.7. The summed E-state index contributed by atoms with van der Waals surface area (Å²) in [7, 11) is -10.9. The molecule has 18 nitrogen and oxygen atoms in total. The molecule has 1 saturated heterocycles. The Bertz CT molecular complexity index is 1590. The van der Waals surface area contributed by atoms with Crippen LogP contribution in [0.5, 0.6) is 5.88 Å². The van der Waals surface area contributed by atoms with Gasteiger partial charge in [0.05, 0.1) is 32.0 Å². The fourth-order valence-corrected chi connectivity index (χ4v) is 9.30. The van der Waals surface area contributed by atoms with Crippen molar-refractivity contribution in [2.45, 2.75) is 212 Å². The maximum absolute atomic E-state index is 12.8. The molecular weight excluding hydrogens is 890 g/mol. The van der Waals surface area contributed by atoms with Gasteiger partial charge in [-0.1, -0.05) is 160 Å². The smallest absolute Gasteiger partial charge is 0.858 e. The molecule has 0 amide bonds. The Morgan fingerprint density at radius 2 is 1.38 bits per heavy atom. The number of carbonyl (C=O) groups is 1. The van der Waals surface area contributed by atoms with Gasteiger partial charge in [-0.05, 0) is 36.7 Å². The number of aryl methyl sites for hydroxylation is 1. The molecule has 0 saturated carbocycles. The van der Waals surface area contributed by atoms with Crippen LogP contribution in [0.3, 0.4) is 0 Å². The number of aromatic nitrogens is 2. The summed E-state index contributed by atoms with van der Waals surface area (Å²) in [4.78, 5) is 54.3. The van der Waals surface area contributed by atoms with Gasteiger partial charge < -0.3 is 33.6 Å². The van der Waals surface area contributed by atoms with E-state index in [1.165, 1.54) is 116 Å². The fourth-order valence-electron chi connectivity index (χ4n) is 7.23. The summed E-state index contributed by atoms with van der Waals surface area (Å²) >= 11 is 0. The maximum Gasteiger partial charge on any atom is 1.00 e. The molecule has 6 atom stereocenters. The zero-order valence-corrected chi connectivity index (χ0v) is 45.4. The summed E-state index contributed by atoms with van der Waals surface area (Å²) in [6, 6.07) is -1.01. The summed E-state index contributed by atoms with van der Waals surface area (Å²) in [6.45, 7) is 4.55. The number of carbonyl (C=O) groups excluding carboxylic acids is 1. The Morgan fingerprint density at radius 1 is 0.875 bits per heavy atom. The van der Waals surface area contributed by atoms with E-state index in [1.807, 2.05) is 0 Å². The van der Waals surface area contributed by atoms with Gasteiger partial charge in [-0.2, -0.15) is 0 Å². The molecule has 0 radical (unpaired) electrons. The molecule has 0 aliphatic carbocycles. The van der Waals surface area contributed by atoms with Crippen molar-refractivity contribution in [3.05, 3.63) is 32.7 Å². The summed E-state index contributed by atoms with van der Waals surface area (Å²) in [5, 5.41) is 15.3. The molecule has 2 unspecified atom stereocenters. The number of ether oxygens (including phenoxy) is 3.